The molecule has 0 aliphatic heterocycles. The number of hydrogen-bond acceptors (Lipinski definition) is 6. The molecule has 2 amide bonds. The lowest BCUT2D eigenvalue weighted by Crippen LogP contribution is -2.56. The normalized spacial score (nSPS) is 20.6. The molecular weight excluding hydrogens is 977 g/mol. The Morgan fingerprint density at radius 1 is 0.468 bits per heavy atom. The van der Waals surface area contributed by atoms with E-state index in [1.165, 1.54) is 37.0 Å². The van der Waals surface area contributed by atoms with E-state index in [0.29, 0.717) is 50.4 Å². The van der Waals surface area contributed by atoms with Crippen LogP contribution in [0.1, 0.15) is 123 Å². The van der Waals surface area contributed by atoms with E-state index in [9.17, 15) is 30.0 Å². The van der Waals surface area contributed by atoms with Crippen molar-refractivity contribution in [3.63, 3.8) is 0 Å². The van der Waals surface area contributed by atoms with E-state index in [-0.39, 0.29) is 72.9 Å². The Hall–Kier alpha value is -9.86. The van der Waals surface area contributed by atoms with Gasteiger partial charge in [-0.15, -0.1) is 25.7 Å². The summed E-state index contributed by atoms with van der Waals surface area (Å²) in [5.41, 5.74) is 8.34. The molecule has 2 unspecified atom stereocenters. The van der Waals surface area contributed by atoms with Gasteiger partial charge >= 0.3 is 0 Å². The topological polar surface area (TPSA) is 139 Å². The molecule has 4 bridgehead atoms. The number of fused-ring (bicyclic) bond motifs is 3. The first-order valence-corrected chi connectivity index (χ1v) is 26.4. The van der Waals surface area contributed by atoms with E-state index in [1.807, 2.05) is 24.3 Å². The van der Waals surface area contributed by atoms with Crippen LogP contribution in [0.5, 0.6) is 23.0 Å². The van der Waals surface area contributed by atoms with Crippen LogP contribution in [0, 0.1) is 66.1 Å². The molecule has 0 heterocycles. The molecular formula is C71H54N2O6. The molecule has 8 aromatic carbocycles. The first-order valence-electron chi connectivity index (χ1n) is 26.4. The van der Waals surface area contributed by atoms with Crippen LogP contribution in [0.2, 0.25) is 0 Å². The van der Waals surface area contributed by atoms with Gasteiger partial charge in [0.25, 0.3) is 11.8 Å². The van der Waals surface area contributed by atoms with E-state index in [2.05, 4.69) is 78.5 Å². The lowest BCUT2D eigenvalue weighted by Gasteiger charge is -2.65. The highest BCUT2D eigenvalue weighted by atomic mass is 16.3. The fourth-order valence-corrected chi connectivity index (χ4v) is 15.3. The van der Waals surface area contributed by atoms with Crippen LogP contribution >= 0.6 is 0 Å². The Balaban J connectivity index is 1.18. The highest BCUT2D eigenvalue weighted by molar-refractivity contribution is 6.10. The minimum absolute atomic E-state index is 0.00463. The van der Waals surface area contributed by atoms with Crippen LogP contribution in [0.4, 0.5) is 11.4 Å². The van der Waals surface area contributed by atoms with Gasteiger partial charge in [-0.25, -0.2) is 0 Å². The quantitative estimate of drug-likeness (QED) is 0.0796. The Morgan fingerprint density at radius 3 is 1.44 bits per heavy atom. The lowest BCUT2D eigenvalue weighted by atomic mass is 9.39. The average molecular weight is 1030 g/mol. The molecule has 4 saturated carbocycles. The number of amides is 2. The van der Waals surface area contributed by atoms with Crippen molar-refractivity contribution in [2.24, 2.45) is 16.7 Å². The Labute approximate surface area is 460 Å². The summed E-state index contributed by atoms with van der Waals surface area (Å²) >= 11 is 0. The van der Waals surface area contributed by atoms with E-state index >= 15 is 0 Å². The minimum atomic E-state index is -1.38. The summed E-state index contributed by atoms with van der Waals surface area (Å²) in [4.78, 5) is 29.0. The molecule has 0 spiro atoms. The third-order valence-corrected chi connectivity index (χ3v) is 17.4. The largest absolute Gasteiger partial charge is 0.508 e. The van der Waals surface area contributed by atoms with Gasteiger partial charge in [0.1, 0.15) is 23.0 Å². The summed E-state index contributed by atoms with van der Waals surface area (Å²) in [6, 6.07) is 44.9. The van der Waals surface area contributed by atoms with Gasteiger partial charge in [0.05, 0.1) is 27.9 Å². The molecule has 79 heavy (non-hydrogen) atoms. The van der Waals surface area contributed by atoms with Crippen LogP contribution in [0.15, 0.2) is 152 Å². The van der Waals surface area contributed by atoms with Crippen molar-refractivity contribution in [1.82, 2.24) is 0 Å². The Bertz CT molecular complexity index is 3930. The second-order valence-corrected chi connectivity index (χ2v) is 22.8. The minimum Gasteiger partial charge on any atom is -0.508 e. The van der Waals surface area contributed by atoms with Crippen LogP contribution in [0.3, 0.4) is 0 Å². The predicted molar refractivity (Wildman–Crippen MR) is 311 cm³/mol. The van der Waals surface area contributed by atoms with Gasteiger partial charge < -0.3 is 31.1 Å². The Kier molecular flexibility index (Phi) is 11.7. The van der Waals surface area contributed by atoms with Crippen LogP contribution in [-0.2, 0) is 10.8 Å². The number of benzene rings is 8. The van der Waals surface area contributed by atoms with Crippen molar-refractivity contribution in [3.05, 3.63) is 213 Å². The van der Waals surface area contributed by atoms with E-state index in [1.54, 1.807) is 84.9 Å². The summed E-state index contributed by atoms with van der Waals surface area (Å²) in [7, 11) is 0. The van der Waals surface area contributed by atoms with Crippen molar-refractivity contribution in [3.8, 4) is 106 Å². The van der Waals surface area contributed by atoms with Crippen LogP contribution in [-0.4, -0.2) is 32.2 Å². The third-order valence-electron chi connectivity index (χ3n) is 17.4. The Morgan fingerprint density at radius 2 is 0.949 bits per heavy atom. The summed E-state index contributed by atoms with van der Waals surface area (Å²) in [6.45, 7) is 4.94. The maximum absolute atomic E-state index is 14.5. The molecule has 5 aliphatic carbocycles. The smallest absolute Gasteiger partial charge is 0.255 e. The molecule has 0 radical (unpaired) electrons. The number of aromatic hydroxyl groups is 4. The number of rotatable bonds is 9. The first-order chi connectivity index (χ1) is 38.0. The van der Waals surface area contributed by atoms with Gasteiger partial charge in [-0.2, -0.15) is 0 Å². The molecule has 384 valence electrons. The van der Waals surface area contributed by atoms with Crippen molar-refractivity contribution < 1.29 is 30.0 Å². The lowest BCUT2D eigenvalue weighted by molar-refractivity contribution is -0.110. The highest BCUT2D eigenvalue weighted by Crippen LogP contribution is 2.71. The van der Waals surface area contributed by atoms with E-state index in [0.717, 1.165) is 41.5 Å². The van der Waals surface area contributed by atoms with Gasteiger partial charge in [-0.3, -0.25) is 9.59 Å². The molecule has 8 aromatic rings. The molecule has 4 fully saturated rings. The summed E-state index contributed by atoms with van der Waals surface area (Å²) < 4.78 is 0. The second kappa shape index (κ2) is 18.4. The fraction of sp³-hybridized carbons (Fsp3) is 0.183. The number of phenolic OH excluding ortho intramolecular Hbond substituents is 4. The third kappa shape index (κ3) is 7.99. The first kappa shape index (κ1) is 50.0. The molecule has 5 aliphatic rings. The van der Waals surface area contributed by atoms with Gasteiger partial charge in [0.15, 0.2) is 0 Å². The van der Waals surface area contributed by atoms with Crippen molar-refractivity contribution in [2.45, 2.75) is 63.2 Å². The number of anilines is 2. The predicted octanol–water partition coefficient (Wildman–Crippen LogP) is 13.9. The number of carbonyl (C=O) groups excluding carboxylic acids is 2. The van der Waals surface area contributed by atoms with Crippen molar-refractivity contribution >= 4 is 23.2 Å². The molecule has 0 aromatic heterocycles. The van der Waals surface area contributed by atoms with Crippen molar-refractivity contribution in [1.29, 1.82) is 0 Å². The molecule has 8 heteroatoms. The highest BCUT2D eigenvalue weighted by Gasteiger charge is 2.61. The zero-order chi connectivity index (χ0) is 55.2. The average Bonchev–Trinajstić information content (AvgIpc) is 3.93. The number of terminal acetylenes is 4. The molecule has 8 nitrogen and oxygen atoms in total. The summed E-state index contributed by atoms with van der Waals surface area (Å²) in [6.07, 6.45) is 30.8. The number of carbonyl (C=O) groups is 2. The standard InChI is InChI=1S/C71H54N2O6/c1-7-42-15-13-17-45(31-42)66(78)72-64-50(9-3)62(76)29-25-54(64)56-34-48(74)22-27-59(56)71(58-20-12-11-19-52(58)53-24-21-47(33-61(53)71)70-38-44-36-68(5,40-70)39-69(6,37-44)41-70)60-28-23-49(75)35-57(60)55-26-30-63(77)51(10-4)65(55)73-67(79)46-18-14-16-43(8-2)32-46/h1-4,11-35,44,74-77H,36-41H2,5-6H3,(H,72,78)(H,73,79). The van der Waals surface area contributed by atoms with Crippen LogP contribution < -0.4 is 10.6 Å². The number of nitrogens with one attached hydrogen (secondary N) is 2. The number of hydrogen-bond donors (Lipinski definition) is 6. The zero-order valence-electron chi connectivity index (χ0n) is 43.7. The molecule has 6 N–H and O–H groups in total. The van der Waals surface area contributed by atoms with Gasteiger partial charge in [-0.05, 0) is 196 Å². The van der Waals surface area contributed by atoms with Gasteiger partial charge in [0.2, 0.25) is 0 Å². The van der Waals surface area contributed by atoms with Crippen molar-refractivity contribution in [2.75, 3.05) is 10.6 Å². The zero-order valence-corrected chi connectivity index (χ0v) is 43.7. The maximum atomic E-state index is 14.5. The maximum Gasteiger partial charge on any atom is 0.255 e. The molecule has 2 atom stereocenters. The summed E-state index contributed by atoms with van der Waals surface area (Å²) in [5.74, 6) is 9.22. The second-order valence-electron chi connectivity index (χ2n) is 22.8. The van der Waals surface area contributed by atoms with E-state index < -0.39 is 17.2 Å². The van der Waals surface area contributed by atoms with Gasteiger partial charge in [0, 0.05) is 33.4 Å². The molecule has 0 saturated heterocycles. The fourth-order valence-electron chi connectivity index (χ4n) is 15.3. The van der Waals surface area contributed by atoms with E-state index in [4.69, 9.17) is 25.7 Å². The van der Waals surface area contributed by atoms with Crippen LogP contribution in [0.25, 0.3) is 33.4 Å². The van der Waals surface area contributed by atoms with Gasteiger partial charge in [-0.1, -0.05) is 104 Å². The summed E-state index contributed by atoms with van der Waals surface area (Å²) in [5, 5.41) is 52.8. The molecule has 13 rings (SSSR count). The SMILES string of the molecule is C#Cc1cccc(C(=O)Nc2c(-c3cc(O)ccc3C3(c4ccc(O)cc4-c4ccc(O)c(C#C)c4NC(=O)c4cccc(C#C)c4)c4ccccc4-c4ccc(C56CC7CC(C)(CC(C)(C7)C5)C6)cc43)ccc(O)c2C#C)c1. The monoisotopic (exact) mass is 1030 g/mol. The number of phenols is 4.